The summed E-state index contributed by atoms with van der Waals surface area (Å²) in [6.45, 7) is 7.75. The van der Waals surface area contributed by atoms with Gasteiger partial charge in [0.1, 0.15) is 42.0 Å². The van der Waals surface area contributed by atoms with Gasteiger partial charge in [0, 0.05) is 24.4 Å². The first kappa shape index (κ1) is 47.5. The summed E-state index contributed by atoms with van der Waals surface area (Å²) >= 11 is 0. The van der Waals surface area contributed by atoms with Crippen LogP contribution in [0.25, 0.3) is 10.4 Å². The maximum Gasteiger partial charge on any atom is 0.326 e. The van der Waals surface area contributed by atoms with Gasteiger partial charge in [0.2, 0.25) is 29.5 Å². The topological polar surface area (TPSA) is 333 Å². The first-order valence-electron chi connectivity index (χ1n) is 19.3. The maximum atomic E-state index is 14.1. The van der Waals surface area contributed by atoms with Crippen molar-refractivity contribution in [2.24, 2.45) is 39.1 Å². The van der Waals surface area contributed by atoms with E-state index in [-0.39, 0.29) is 75.8 Å². The number of rotatable bonds is 24. The highest BCUT2D eigenvalue weighted by molar-refractivity contribution is 5.97. The number of hydrogen-bond donors (Lipinski definition) is 9. The van der Waals surface area contributed by atoms with E-state index in [0.29, 0.717) is 24.8 Å². The van der Waals surface area contributed by atoms with Crippen molar-refractivity contribution in [1.29, 1.82) is 0 Å². The number of aromatic hydroxyl groups is 1. The molecular formula is C37H60N12O8. The predicted molar refractivity (Wildman–Crippen MR) is 212 cm³/mol. The summed E-state index contributed by atoms with van der Waals surface area (Å²) < 4.78 is 0. The number of likely N-dealkylation sites (tertiary alicyclic amines) is 1. The van der Waals surface area contributed by atoms with E-state index in [9.17, 15) is 39.0 Å². The SMILES string of the molecule is CC[C@H](C)[C@@H](NC(=O)[C@@H](Cc1ccc(O)cc1)NC(=O)[C@H]1CCCN1C(=O)[C@@H](CCCN=C(N)N)NC(=O)C(CCCN)N=[N+]=[N-])C(=O)N[C@H](CC(C)C)C(=O)O. The van der Waals surface area contributed by atoms with Gasteiger partial charge in [-0.3, -0.25) is 29.0 Å². The Hall–Kier alpha value is -5.62. The minimum Gasteiger partial charge on any atom is -0.508 e. The quantitative estimate of drug-likeness (QED) is 0.0173. The van der Waals surface area contributed by atoms with Gasteiger partial charge in [-0.2, -0.15) is 0 Å². The molecule has 0 saturated carbocycles. The van der Waals surface area contributed by atoms with Crippen molar-refractivity contribution in [3.63, 3.8) is 0 Å². The van der Waals surface area contributed by atoms with Crippen LogP contribution in [-0.4, -0.2) is 112 Å². The molecule has 0 aromatic heterocycles. The second kappa shape index (κ2) is 24.1. The number of carboxylic acid groups (broad SMARTS) is 1. The molecule has 5 amide bonds. The summed E-state index contributed by atoms with van der Waals surface area (Å²) in [7, 11) is 0. The van der Waals surface area contributed by atoms with Gasteiger partial charge in [-0.15, -0.1) is 0 Å². The fraction of sp³-hybridized carbons (Fsp3) is 0.649. The van der Waals surface area contributed by atoms with Crippen molar-refractivity contribution >= 4 is 41.5 Å². The van der Waals surface area contributed by atoms with Crippen LogP contribution in [0.2, 0.25) is 0 Å². The third kappa shape index (κ3) is 15.8. The van der Waals surface area contributed by atoms with Crippen molar-refractivity contribution in [2.45, 2.75) is 122 Å². The Morgan fingerprint density at radius 2 is 1.60 bits per heavy atom. The van der Waals surface area contributed by atoms with Gasteiger partial charge in [0.25, 0.3) is 0 Å². The Kier molecular flexibility index (Phi) is 20.1. The first-order chi connectivity index (χ1) is 27.0. The summed E-state index contributed by atoms with van der Waals surface area (Å²) in [6.07, 6.45) is 2.12. The molecule has 1 aliphatic heterocycles. The van der Waals surface area contributed by atoms with Gasteiger partial charge in [-0.1, -0.05) is 51.4 Å². The van der Waals surface area contributed by atoms with Crippen LogP contribution in [0.1, 0.15) is 84.6 Å². The van der Waals surface area contributed by atoms with Crippen LogP contribution in [0.3, 0.4) is 0 Å². The molecule has 1 unspecified atom stereocenters. The first-order valence-corrected chi connectivity index (χ1v) is 19.3. The molecule has 7 atom stereocenters. The van der Waals surface area contributed by atoms with Crippen molar-refractivity contribution in [3.05, 3.63) is 40.3 Å². The van der Waals surface area contributed by atoms with Gasteiger partial charge < -0.3 is 53.6 Å². The van der Waals surface area contributed by atoms with Crippen LogP contribution >= 0.6 is 0 Å². The minimum absolute atomic E-state index is 0.0168. The Labute approximate surface area is 332 Å². The fourth-order valence-corrected chi connectivity index (χ4v) is 6.40. The summed E-state index contributed by atoms with van der Waals surface area (Å²) in [4.78, 5) is 89.0. The highest BCUT2D eigenvalue weighted by atomic mass is 16.4. The number of benzene rings is 1. The van der Waals surface area contributed by atoms with Crippen molar-refractivity contribution in [3.8, 4) is 5.75 Å². The molecular weight excluding hydrogens is 740 g/mol. The van der Waals surface area contributed by atoms with Crippen molar-refractivity contribution in [1.82, 2.24) is 26.2 Å². The molecule has 2 rings (SSSR count). The predicted octanol–water partition coefficient (Wildman–Crippen LogP) is 0.513. The van der Waals surface area contributed by atoms with Crippen LogP contribution in [0, 0.1) is 11.8 Å². The van der Waals surface area contributed by atoms with Crippen molar-refractivity contribution < 1.29 is 39.0 Å². The molecule has 57 heavy (non-hydrogen) atoms. The van der Waals surface area contributed by atoms with Crippen LogP contribution in [0.4, 0.5) is 0 Å². The number of phenols is 1. The average Bonchev–Trinajstić information content (AvgIpc) is 3.66. The second-order valence-corrected chi connectivity index (χ2v) is 14.7. The molecule has 1 saturated heterocycles. The van der Waals surface area contributed by atoms with E-state index in [0.717, 1.165) is 0 Å². The number of nitrogens with zero attached hydrogens (tertiary/aromatic N) is 5. The third-order valence-corrected chi connectivity index (χ3v) is 9.70. The lowest BCUT2D eigenvalue weighted by atomic mass is 9.96. The van der Waals surface area contributed by atoms with Crippen LogP contribution < -0.4 is 38.5 Å². The number of carbonyl (C=O) groups is 6. The molecule has 0 radical (unpaired) electrons. The van der Waals surface area contributed by atoms with Crippen LogP contribution in [-0.2, 0) is 35.2 Å². The van der Waals surface area contributed by atoms with Gasteiger partial charge in [0.05, 0.1) is 0 Å². The molecule has 20 heteroatoms. The molecule has 0 spiro atoms. The highest BCUT2D eigenvalue weighted by Gasteiger charge is 2.40. The molecule has 12 N–H and O–H groups in total. The number of guanidine groups is 1. The molecule has 1 aromatic carbocycles. The zero-order chi connectivity index (χ0) is 42.7. The lowest BCUT2D eigenvalue weighted by molar-refractivity contribution is -0.143. The number of carbonyl (C=O) groups excluding carboxylic acids is 5. The maximum absolute atomic E-state index is 14.1. The van der Waals surface area contributed by atoms with Crippen molar-refractivity contribution in [2.75, 3.05) is 19.6 Å². The highest BCUT2D eigenvalue weighted by Crippen LogP contribution is 2.21. The standard InChI is InChI=1S/C37H60N12O8/c1-5-22(4)30(34(54)45-28(36(56)57)19-21(2)3)46-32(52)27(20-23-12-14-24(50)15-13-23)44-33(53)29-11-8-18-49(29)35(55)26(10-7-17-42-37(39)40)43-31(51)25(47-48-41)9-6-16-38/h12-15,21-22,25-30,50H,5-11,16-20,38H2,1-4H3,(H,43,51)(H,44,53)(H,45,54)(H,46,52)(H,56,57)(H4,39,40,42)/t22-,25?,26+,27+,28+,29+,30+/m0/s1. The van der Waals surface area contributed by atoms with Gasteiger partial charge >= 0.3 is 5.97 Å². The van der Waals surface area contributed by atoms with Crippen LogP contribution in [0.5, 0.6) is 5.75 Å². The number of aliphatic carboxylic acids is 1. The molecule has 1 aromatic rings. The monoisotopic (exact) mass is 800 g/mol. The number of azide groups is 1. The summed E-state index contributed by atoms with van der Waals surface area (Å²) in [5.41, 5.74) is 26.1. The number of hydrogen-bond acceptors (Lipinski definition) is 10. The second-order valence-electron chi connectivity index (χ2n) is 14.7. The number of carboxylic acids is 1. The molecule has 316 valence electrons. The molecule has 1 fully saturated rings. The largest absolute Gasteiger partial charge is 0.508 e. The Balaban J connectivity index is 2.41. The lowest BCUT2D eigenvalue weighted by Crippen LogP contribution is -2.60. The van der Waals surface area contributed by atoms with Gasteiger partial charge in [-0.05, 0) is 86.6 Å². The number of phenolic OH excluding ortho intramolecular Hbond substituents is 1. The molecule has 1 heterocycles. The number of aliphatic imine (C=N–C) groups is 1. The summed E-state index contributed by atoms with van der Waals surface area (Å²) in [5.74, 6) is -5.19. The molecule has 20 nitrogen and oxygen atoms in total. The number of nitrogens with one attached hydrogen (secondary N) is 4. The van der Waals surface area contributed by atoms with E-state index in [4.69, 9.17) is 22.7 Å². The zero-order valence-corrected chi connectivity index (χ0v) is 33.2. The normalized spacial score (nSPS) is 16.8. The van der Waals surface area contributed by atoms with E-state index in [1.165, 1.54) is 17.0 Å². The fourth-order valence-electron chi connectivity index (χ4n) is 6.40. The smallest absolute Gasteiger partial charge is 0.326 e. The third-order valence-electron chi connectivity index (χ3n) is 9.70. The van der Waals surface area contributed by atoms with E-state index < -0.39 is 77.7 Å². The Morgan fingerprint density at radius 1 is 0.930 bits per heavy atom. The Bertz CT molecular complexity index is 1600. The number of nitrogens with two attached hydrogens (primary N) is 3. The summed E-state index contributed by atoms with van der Waals surface area (Å²) in [6, 6.07) is -0.945. The van der Waals surface area contributed by atoms with Gasteiger partial charge in [-0.25, -0.2) is 4.79 Å². The van der Waals surface area contributed by atoms with E-state index in [2.05, 4.69) is 36.3 Å². The molecule has 0 bridgehead atoms. The Morgan fingerprint density at radius 3 is 2.18 bits per heavy atom. The van der Waals surface area contributed by atoms with Gasteiger partial charge in [0.15, 0.2) is 5.96 Å². The van der Waals surface area contributed by atoms with E-state index in [1.54, 1.807) is 19.1 Å². The molecule has 0 aliphatic carbocycles. The van der Waals surface area contributed by atoms with E-state index in [1.807, 2.05) is 20.8 Å². The van der Waals surface area contributed by atoms with E-state index >= 15 is 0 Å². The lowest BCUT2D eigenvalue weighted by Gasteiger charge is -2.31. The zero-order valence-electron chi connectivity index (χ0n) is 33.2. The van der Waals surface area contributed by atoms with Crippen LogP contribution in [0.15, 0.2) is 34.4 Å². The summed E-state index contributed by atoms with van der Waals surface area (Å²) in [5, 5.41) is 33.9. The molecule has 1 aliphatic rings. The minimum atomic E-state index is -1.27. The number of amides is 5. The average molecular weight is 801 g/mol.